The fourth-order valence-electron chi connectivity index (χ4n) is 3.66. The predicted octanol–water partition coefficient (Wildman–Crippen LogP) is 3.61. The maximum absolute atomic E-state index is 13.0. The molecule has 2 amide bonds. The Hall–Kier alpha value is -4.26. The molecule has 0 saturated heterocycles. The molecule has 0 saturated carbocycles. The number of aryl methyl sites for hydroxylation is 1. The van der Waals surface area contributed by atoms with E-state index in [0.29, 0.717) is 44.8 Å². The molecule has 0 aliphatic rings. The minimum Gasteiger partial charge on any atom is -0.355 e. The van der Waals surface area contributed by atoms with Crippen molar-refractivity contribution in [3.05, 3.63) is 99.6 Å². The molecule has 0 unspecified atom stereocenters. The number of fused-ring (bicyclic) bond motifs is 1. The van der Waals surface area contributed by atoms with E-state index in [1.807, 2.05) is 12.1 Å². The van der Waals surface area contributed by atoms with Gasteiger partial charge in [0, 0.05) is 23.9 Å². The molecule has 3 aromatic carbocycles. The molecule has 160 valence electrons. The number of carbonyl (C=O) groups is 2. The van der Waals surface area contributed by atoms with Gasteiger partial charge in [-0.05, 0) is 67.9 Å². The number of hydrogen-bond acceptors (Lipinski definition) is 4. The number of nitrogens with one attached hydrogen (secondary N) is 2. The molecule has 7 nitrogen and oxygen atoms in total. The SMILES string of the molecule is CNC(=O)c1cccc(NC(=O)c2ccc(-n3c(C)nc4ccccc4c3=O)cc2)c1C. The van der Waals surface area contributed by atoms with Gasteiger partial charge in [0.15, 0.2) is 0 Å². The van der Waals surface area contributed by atoms with Crippen LogP contribution in [0, 0.1) is 13.8 Å². The quantitative estimate of drug-likeness (QED) is 0.521. The maximum atomic E-state index is 13.0. The highest BCUT2D eigenvalue weighted by Crippen LogP contribution is 2.20. The van der Waals surface area contributed by atoms with Gasteiger partial charge < -0.3 is 10.6 Å². The van der Waals surface area contributed by atoms with Crippen LogP contribution in [0.15, 0.2) is 71.5 Å². The first kappa shape index (κ1) is 21.0. The summed E-state index contributed by atoms with van der Waals surface area (Å²) in [4.78, 5) is 42.3. The molecule has 32 heavy (non-hydrogen) atoms. The normalized spacial score (nSPS) is 10.7. The van der Waals surface area contributed by atoms with Crippen LogP contribution in [0.3, 0.4) is 0 Å². The van der Waals surface area contributed by atoms with Crippen molar-refractivity contribution in [1.29, 1.82) is 0 Å². The molecular weight excluding hydrogens is 404 g/mol. The molecule has 0 bridgehead atoms. The lowest BCUT2D eigenvalue weighted by Crippen LogP contribution is -2.22. The number of hydrogen-bond donors (Lipinski definition) is 2. The molecule has 4 rings (SSSR count). The second kappa shape index (κ2) is 8.47. The van der Waals surface area contributed by atoms with Crippen molar-refractivity contribution in [2.75, 3.05) is 12.4 Å². The van der Waals surface area contributed by atoms with Crippen molar-refractivity contribution < 1.29 is 9.59 Å². The smallest absolute Gasteiger partial charge is 0.265 e. The minimum absolute atomic E-state index is 0.160. The second-order valence-electron chi connectivity index (χ2n) is 7.37. The summed E-state index contributed by atoms with van der Waals surface area (Å²) in [5.41, 5.74) is 3.29. The number of amides is 2. The molecule has 2 N–H and O–H groups in total. The molecule has 0 aliphatic carbocycles. The average Bonchev–Trinajstić information content (AvgIpc) is 2.80. The molecule has 7 heteroatoms. The van der Waals surface area contributed by atoms with Crippen LogP contribution in [0.5, 0.6) is 0 Å². The second-order valence-corrected chi connectivity index (χ2v) is 7.37. The fraction of sp³-hybridized carbons (Fsp3) is 0.120. The number of anilines is 1. The van der Waals surface area contributed by atoms with Crippen LogP contribution in [0.2, 0.25) is 0 Å². The van der Waals surface area contributed by atoms with Crippen LogP contribution in [-0.2, 0) is 0 Å². The highest BCUT2D eigenvalue weighted by Gasteiger charge is 2.14. The first-order valence-corrected chi connectivity index (χ1v) is 10.1. The summed E-state index contributed by atoms with van der Waals surface area (Å²) in [6.07, 6.45) is 0. The Morgan fingerprint density at radius 3 is 2.31 bits per heavy atom. The van der Waals surface area contributed by atoms with Crippen molar-refractivity contribution in [2.45, 2.75) is 13.8 Å². The van der Waals surface area contributed by atoms with Gasteiger partial charge in [-0.25, -0.2) is 4.98 Å². The van der Waals surface area contributed by atoms with Crippen LogP contribution in [0.25, 0.3) is 16.6 Å². The Bertz CT molecular complexity index is 1410. The van der Waals surface area contributed by atoms with Crippen LogP contribution < -0.4 is 16.2 Å². The molecule has 0 fully saturated rings. The largest absolute Gasteiger partial charge is 0.355 e. The van der Waals surface area contributed by atoms with Crippen LogP contribution in [0.4, 0.5) is 5.69 Å². The summed E-state index contributed by atoms with van der Waals surface area (Å²) >= 11 is 0. The highest BCUT2D eigenvalue weighted by atomic mass is 16.2. The Morgan fingerprint density at radius 2 is 1.59 bits per heavy atom. The number of nitrogens with zero attached hydrogens (tertiary/aromatic N) is 2. The van der Waals surface area contributed by atoms with Gasteiger partial charge in [0.2, 0.25) is 0 Å². The summed E-state index contributed by atoms with van der Waals surface area (Å²) in [6, 6.07) is 19.1. The van der Waals surface area contributed by atoms with Crippen molar-refractivity contribution in [1.82, 2.24) is 14.9 Å². The van der Waals surface area contributed by atoms with Gasteiger partial charge in [-0.2, -0.15) is 0 Å². The van der Waals surface area contributed by atoms with Crippen LogP contribution in [0.1, 0.15) is 32.1 Å². The van der Waals surface area contributed by atoms with E-state index in [9.17, 15) is 14.4 Å². The predicted molar refractivity (Wildman–Crippen MR) is 125 cm³/mol. The zero-order chi connectivity index (χ0) is 22.8. The van der Waals surface area contributed by atoms with E-state index < -0.39 is 0 Å². The molecule has 0 aliphatic heterocycles. The lowest BCUT2D eigenvalue weighted by atomic mass is 10.1. The number of benzene rings is 3. The molecule has 1 aromatic heterocycles. The Morgan fingerprint density at radius 1 is 0.875 bits per heavy atom. The summed E-state index contributed by atoms with van der Waals surface area (Å²) < 4.78 is 1.53. The number of rotatable bonds is 4. The Labute approximate surface area is 184 Å². The van der Waals surface area contributed by atoms with E-state index in [4.69, 9.17) is 0 Å². The number of para-hydroxylation sites is 1. The average molecular weight is 426 g/mol. The number of aromatic nitrogens is 2. The topological polar surface area (TPSA) is 93.1 Å². The Kier molecular flexibility index (Phi) is 5.55. The van der Waals surface area contributed by atoms with E-state index in [1.165, 1.54) is 4.57 Å². The van der Waals surface area contributed by atoms with Gasteiger partial charge >= 0.3 is 0 Å². The summed E-state index contributed by atoms with van der Waals surface area (Å²) in [5.74, 6) is 0.0368. The standard InChI is InChI=1S/C25H22N4O3/c1-15-19(24(31)26-3)8-6-10-21(15)28-23(30)17-11-13-18(14-12-17)29-16(2)27-22-9-5-4-7-20(22)25(29)32/h4-14H,1-3H3,(H,26,31)(H,28,30). The van der Waals surface area contributed by atoms with E-state index in [-0.39, 0.29) is 17.4 Å². The van der Waals surface area contributed by atoms with E-state index in [2.05, 4.69) is 15.6 Å². The van der Waals surface area contributed by atoms with Gasteiger partial charge in [-0.15, -0.1) is 0 Å². The first-order valence-electron chi connectivity index (χ1n) is 10.1. The molecule has 0 radical (unpaired) electrons. The first-order chi connectivity index (χ1) is 15.4. The van der Waals surface area contributed by atoms with Gasteiger partial charge in [0.05, 0.1) is 16.6 Å². The van der Waals surface area contributed by atoms with Crippen molar-refractivity contribution in [2.24, 2.45) is 0 Å². The van der Waals surface area contributed by atoms with Crippen molar-refractivity contribution in [3.8, 4) is 5.69 Å². The highest BCUT2D eigenvalue weighted by molar-refractivity contribution is 6.06. The Balaban J connectivity index is 1.63. The van der Waals surface area contributed by atoms with Crippen LogP contribution in [-0.4, -0.2) is 28.4 Å². The van der Waals surface area contributed by atoms with Crippen molar-refractivity contribution in [3.63, 3.8) is 0 Å². The summed E-state index contributed by atoms with van der Waals surface area (Å²) in [7, 11) is 1.56. The molecule has 1 heterocycles. The van der Waals surface area contributed by atoms with E-state index in [0.717, 1.165) is 0 Å². The zero-order valence-corrected chi connectivity index (χ0v) is 18.0. The molecule has 4 aromatic rings. The lowest BCUT2D eigenvalue weighted by Gasteiger charge is -2.13. The monoisotopic (exact) mass is 426 g/mol. The van der Waals surface area contributed by atoms with Crippen LogP contribution >= 0.6 is 0 Å². The minimum atomic E-state index is -0.311. The summed E-state index contributed by atoms with van der Waals surface area (Å²) in [5, 5.41) is 5.98. The van der Waals surface area contributed by atoms with E-state index in [1.54, 1.807) is 75.5 Å². The fourth-order valence-corrected chi connectivity index (χ4v) is 3.66. The third kappa shape index (κ3) is 3.76. The molecule has 0 atom stereocenters. The van der Waals surface area contributed by atoms with E-state index >= 15 is 0 Å². The third-order valence-corrected chi connectivity index (χ3v) is 5.38. The van der Waals surface area contributed by atoms with Crippen molar-refractivity contribution >= 4 is 28.4 Å². The maximum Gasteiger partial charge on any atom is 0.265 e. The molecular formula is C25H22N4O3. The lowest BCUT2D eigenvalue weighted by molar-refractivity contribution is 0.0960. The van der Waals surface area contributed by atoms with Gasteiger partial charge in [0.25, 0.3) is 17.4 Å². The third-order valence-electron chi connectivity index (χ3n) is 5.38. The van der Waals surface area contributed by atoms with Gasteiger partial charge in [0.1, 0.15) is 5.82 Å². The molecule has 0 spiro atoms. The number of carbonyl (C=O) groups excluding carboxylic acids is 2. The van der Waals surface area contributed by atoms with Gasteiger partial charge in [-0.3, -0.25) is 19.0 Å². The van der Waals surface area contributed by atoms with Gasteiger partial charge in [-0.1, -0.05) is 18.2 Å². The zero-order valence-electron chi connectivity index (χ0n) is 18.0. The summed E-state index contributed by atoms with van der Waals surface area (Å²) in [6.45, 7) is 3.56.